The van der Waals surface area contributed by atoms with E-state index in [1.54, 1.807) is 13.2 Å². The number of methoxy groups -OCH3 is 1. The number of nitrogens with one attached hydrogen (secondary N) is 1. The average Bonchev–Trinajstić information content (AvgIpc) is 2.28. The molecule has 0 saturated heterocycles. The molecule has 16 heavy (non-hydrogen) atoms. The number of ether oxygens (including phenoxy) is 1. The summed E-state index contributed by atoms with van der Waals surface area (Å²) in [6, 6.07) is 5.43. The monoisotopic (exact) mass is 307 g/mol. The third-order valence-corrected chi connectivity index (χ3v) is 3.38. The zero-order chi connectivity index (χ0) is 12.0. The maximum atomic E-state index is 9.86. The van der Waals surface area contributed by atoms with Crippen molar-refractivity contribution in [2.75, 3.05) is 26.8 Å². The van der Waals surface area contributed by atoms with E-state index in [9.17, 15) is 5.11 Å². The zero-order valence-corrected chi connectivity index (χ0v) is 11.4. The summed E-state index contributed by atoms with van der Waals surface area (Å²) in [5, 5.41) is 13.6. The molecule has 0 aliphatic carbocycles. The molecule has 0 aliphatic heterocycles. The van der Waals surface area contributed by atoms with Crippen LogP contribution in [-0.4, -0.2) is 31.9 Å². The van der Waals surface area contributed by atoms with Crippen LogP contribution in [0.15, 0.2) is 22.7 Å². The Morgan fingerprint density at radius 2 is 2.31 bits per heavy atom. The average molecular weight is 309 g/mol. The summed E-state index contributed by atoms with van der Waals surface area (Å²) >= 11 is 9.25. The lowest BCUT2D eigenvalue weighted by Gasteiger charge is -2.12. The fourth-order valence-electron chi connectivity index (χ4n) is 1.25. The van der Waals surface area contributed by atoms with Crippen LogP contribution in [0.3, 0.4) is 0 Å². The van der Waals surface area contributed by atoms with E-state index in [2.05, 4.69) is 21.2 Å². The van der Waals surface area contributed by atoms with Crippen molar-refractivity contribution in [3.63, 3.8) is 0 Å². The summed E-state index contributed by atoms with van der Waals surface area (Å²) in [4.78, 5) is 0. The first-order valence-electron chi connectivity index (χ1n) is 4.98. The van der Waals surface area contributed by atoms with Crippen LogP contribution >= 0.6 is 27.5 Å². The Hall–Kier alpha value is -0.130. The zero-order valence-electron chi connectivity index (χ0n) is 9.04. The maximum Gasteiger partial charge on any atom is 0.0914 e. The van der Waals surface area contributed by atoms with E-state index in [1.807, 2.05) is 12.1 Å². The first-order chi connectivity index (χ1) is 7.65. The molecular formula is C11H15BrClNO2. The maximum absolute atomic E-state index is 9.86. The molecule has 1 aromatic rings. The van der Waals surface area contributed by atoms with Crippen molar-refractivity contribution in [1.29, 1.82) is 0 Å². The van der Waals surface area contributed by atoms with Gasteiger partial charge in [-0.1, -0.05) is 17.7 Å². The number of hydrogen-bond donors (Lipinski definition) is 2. The van der Waals surface area contributed by atoms with E-state index in [4.69, 9.17) is 16.3 Å². The van der Waals surface area contributed by atoms with Crippen molar-refractivity contribution in [3.05, 3.63) is 33.3 Å². The van der Waals surface area contributed by atoms with Gasteiger partial charge in [0.25, 0.3) is 0 Å². The van der Waals surface area contributed by atoms with Gasteiger partial charge in [-0.3, -0.25) is 0 Å². The highest BCUT2D eigenvalue weighted by atomic mass is 79.9. The lowest BCUT2D eigenvalue weighted by atomic mass is 10.1. The summed E-state index contributed by atoms with van der Waals surface area (Å²) in [6.45, 7) is 1.84. The number of aliphatic hydroxyl groups excluding tert-OH is 1. The SMILES string of the molecule is COCCNCC(O)c1ccc(Br)c(Cl)c1. The molecule has 0 bridgehead atoms. The van der Waals surface area contributed by atoms with Gasteiger partial charge in [0.2, 0.25) is 0 Å². The summed E-state index contributed by atoms with van der Waals surface area (Å²) < 4.78 is 5.72. The second-order valence-corrected chi connectivity index (χ2v) is 4.65. The normalized spacial score (nSPS) is 12.8. The van der Waals surface area contributed by atoms with Crippen molar-refractivity contribution in [2.24, 2.45) is 0 Å². The molecule has 1 unspecified atom stereocenters. The van der Waals surface area contributed by atoms with Gasteiger partial charge in [-0.15, -0.1) is 0 Å². The number of aliphatic hydroxyl groups is 1. The number of hydrogen-bond acceptors (Lipinski definition) is 3. The lowest BCUT2D eigenvalue weighted by molar-refractivity contribution is 0.161. The lowest BCUT2D eigenvalue weighted by Crippen LogP contribution is -2.24. The molecule has 0 radical (unpaired) electrons. The van der Waals surface area contributed by atoms with E-state index in [-0.39, 0.29) is 0 Å². The van der Waals surface area contributed by atoms with Gasteiger partial charge < -0.3 is 15.2 Å². The first kappa shape index (κ1) is 13.9. The van der Waals surface area contributed by atoms with Crippen molar-refractivity contribution in [2.45, 2.75) is 6.10 Å². The Bertz CT molecular complexity index is 336. The Balaban J connectivity index is 2.46. The van der Waals surface area contributed by atoms with E-state index < -0.39 is 6.10 Å². The number of rotatable bonds is 6. The van der Waals surface area contributed by atoms with Gasteiger partial charge >= 0.3 is 0 Å². The summed E-state index contributed by atoms with van der Waals surface area (Å²) in [7, 11) is 1.65. The summed E-state index contributed by atoms with van der Waals surface area (Å²) in [5.41, 5.74) is 0.804. The van der Waals surface area contributed by atoms with Crippen molar-refractivity contribution in [1.82, 2.24) is 5.32 Å². The van der Waals surface area contributed by atoms with Gasteiger partial charge in [0, 0.05) is 24.7 Å². The van der Waals surface area contributed by atoms with E-state index in [1.165, 1.54) is 0 Å². The molecule has 0 amide bonds. The van der Waals surface area contributed by atoms with Crippen LogP contribution in [0.4, 0.5) is 0 Å². The Kier molecular flexibility index (Phi) is 6.31. The molecule has 5 heteroatoms. The van der Waals surface area contributed by atoms with Gasteiger partial charge in [0.15, 0.2) is 0 Å². The topological polar surface area (TPSA) is 41.5 Å². The van der Waals surface area contributed by atoms with Gasteiger partial charge in [0.1, 0.15) is 0 Å². The first-order valence-corrected chi connectivity index (χ1v) is 6.15. The minimum atomic E-state index is -0.553. The quantitative estimate of drug-likeness (QED) is 0.793. The van der Waals surface area contributed by atoms with Crippen LogP contribution in [0, 0.1) is 0 Å². The molecule has 90 valence electrons. The van der Waals surface area contributed by atoms with E-state index >= 15 is 0 Å². The largest absolute Gasteiger partial charge is 0.387 e. The van der Waals surface area contributed by atoms with Gasteiger partial charge in [-0.25, -0.2) is 0 Å². The molecular weight excluding hydrogens is 293 g/mol. The van der Waals surface area contributed by atoms with Gasteiger partial charge in [-0.2, -0.15) is 0 Å². The predicted molar refractivity (Wildman–Crippen MR) is 68.9 cm³/mol. The predicted octanol–water partition coefficient (Wildman–Crippen LogP) is 2.37. The molecule has 0 saturated carbocycles. The van der Waals surface area contributed by atoms with Crippen LogP contribution in [-0.2, 0) is 4.74 Å². The van der Waals surface area contributed by atoms with Gasteiger partial charge in [-0.05, 0) is 33.6 Å². The highest BCUT2D eigenvalue weighted by Crippen LogP contribution is 2.25. The molecule has 2 N–H and O–H groups in total. The Morgan fingerprint density at radius 3 is 2.94 bits per heavy atom. The van der Waals surface area contributed by atoms with Crippen molar-refractivity contribution in [3.8, 4) is 0 Å². The fraction of sp³-hybridized carbons (Fsp3) is 0.455. The van der Waals surface area contributed by atoms with Crippen molar-refractivity contribution < 1.29 is 9.84 Å². The van der Waals surface area contributed by atoms with Crippen LogP contribution in [0.5, 0.6) is 0 Å². The molecule has 0 heterocycles. The molecule has 1 aromatic carbocycles. The minimum absolute atomic E-state index is 0.487. The van der Waals surface area contributed by atoms with E-state index in [0.29, 0.717) is 18.2 Å². The molecule has 0 aromatic heterocycles. The standard InChI is InChI=1S/C11H15BrClNO2/c1-16-5-4-14-7-11(15)8-2-3-9(12)10(13)6-8/h2-3,6,11,14-15H,4-5,7H2,1H3. The molecule has 1 atom stereocenters. The molecule has 0 aliphatic rings. The third kappa shape index (κ3) is 4.39. The fourth-order valence-corrected chi connectivity index (χ4v) is 1.69. The van der Waals surface area contributed by atoms with Crippen LogP contribution < -0.4 is 5.32 Å². The minimum Gasteiger partial charge on any atom is -0.387 e. The Morgan fingerprint density at radius 1 is 1.56 bits per heavy atom. The van der Waals surface area contributed by atoms with Crippen LogP contribution in [0.2, 0.25) is 5.02 Å². The highest BCUT2D eigenvalue weighted by Gasteiger charge is 2.08. The van der Waals surface area contributed by atoms with E-state index in [0.717, 1.165) is 16.6 Å². The third-order valence-electron chi connectivity index (χ3n) is 2.15. The number of halogens is 2. The summed E-state index contributed by atoms with van der Waals surface area (Å²) in [6.07, 6.45) is -0.553. The molecule has 0 spiro atoms. The van der Waals surface area contributed by atoms with Gasteiger partial charge in [0.05, 0.1) is 17.7 Å². The summed E-state index contributed by atoms with van der Waals surface area (Å²) in [5.74, 6) is 0. The molecule has 3 nitrogen and oxygen atoms in total. The Labute approximate surface area is 109 Å². The second-order valence-electron chi connectivity index (χ2n) is 3.39. The molecule has 0 fully saturated rings. The molecule has 1 rings (SSSR count). The second kappa shape index (κ2) is 7.25. The van der Waals surface area contributed by atoms with Crippen molar-refractivity contribution >= 4 is 27.5 Å². The highest BCUT2D eigenvalue weighted by molar-refractivity contribution is 9.10. The van der Waals surface area contributed by atoms with Crippen LogP contribution in [0.1, 0.15) is 11.7 Å². The van der Waals surface area contributed by atoms with Crippen LogP contribution in [0.25, 0.3) is 0 Å². The smallest absolute Gasteiger partial charge is 0.0914 e. The number of benzene rings is 1.